The van der Waals surface area contributed by atoms with Crippen LogP contribution in [-0.4, -0.2) is 28.6 Å². The van der Waals surface area contributed by atoms with Crippen molar-refractivity contribution < 1.29 is 27.9 Å². The molecule has 0 aliphatic rings. The van der Waals surface area contributed by atoms with E-state index in [1.807, 2.05) is 0 Å². The van der Waals surface area contributed by atoms with Gasteiger partial charge in [-0.3, -0.25) is 0 Å². The summed E-state index contributed by atoms with van der Waals surface area (Å²) >= 11 is 4.87. The highest BCUT2D eigenvalue weighted by Gasteiger charge is 2.30. The first-order chi connectivity index (χ1) is 7.83. The fourth-order valence-electron chi connectivity index (χ4n) is 0.900. The van der Waals surface area contributed by atoms with Gasteiger partial charge in [-0.15, -0.1) is 9.42 Å². The highest BCUT2D eigenvalue weighted by molar-refractivity contribution is 8.07. The van der Waals surface area contributed by atoms with Crippen molar-refractivity contribution in [1.82, 2.24) is 0 Å². The van der Waals surface area contributed by atoms with Crippen molar-refractivity contribution in [2.24, 2.45) is 5.41 Å². The summed E-state index contributed by atoms with van der Waals surface area (Å²) in [6.45, 7) is 5.58. The lowest BCUT2D eigenvalue weighted by molar-refractivity contribution is 0.0571. The summed E-state index contributed by atoms with van der Waals surface area (Å²) in [5.74, 6) is 0. The van der Waals surface area contributed by atoms with Crippen LogP contribution in [0.2, 0.25) is 0 Å². The molecular weight excluding hydrogens is 298 g/mol. The van der Waals surface area contributed by atoms with E-state index >= 15 is 0 Å². The molecule has 0 aromatic carbocycles. The third-order valence-corrected chi connectivity index (χ3v) is 3.70. The Morgan fingerprint density at radius 3 is 2.11 bits per heavy atom. The van der Waals surface area contributed by atoms with Crippen LogP contribution in [0.25, 0.3) is 0 Å². The molecule has 0 radical (unpaired) electrons. The van der Waals surface area contributed by atoms with E-state index in [0.29, 0.717) is 0 Å². The van der Waals surface area contributed by atoms with Gasteiger partial charge in [0.1, 0.15) is 6.61 Å². The Labute approximate surface area is 114 Å². The monoisotopic (exact) mass is 319 g/mol. The van der Waals surface area contributed by atoms with Crippen LogP contribution in [0.1, 0.15) is 34.6 Å². The summed E-state index contributed by atoms with van der Waals surface area (Å²) in [5.41, 5.74) is -1.15. The lowest BCUT2D eigenvalue weighted by Crippen LogP contribution is -2.25. The average Bonchev–Trinajstić information content (AvgIpc) is 2.09. The molecule has 18 heavy (non-hydrogen) atoms. The zero-order valence-corrected chi connectivity index (χ0v) is 13.8. The van der Waals surface area contributed by atoms with Gasteiger partial charge in [0.15, 0.2) is 0 Å². The Balaban J connectivity index is 4.29. The van der Waals surface area contributed by atoms with Gasteiger partial charge >= 0.3 is 15.0 Å². The van der Waals surface area contributed by atoms with Gasteiger partial charge in [0.25, 0.3) is 0 Å². The standard InChI is InChI=1S/C9H20O6P2S/c1-8(2,3)15-17(12,18)14-7-9(4,5)6-13-16(10)11/h6-7H2,1-5H3,(H-,10,11,12,18)/p+1. The first kappa shape index (κ1) is 18.6. The molecule has 0 aliphatic carbocycles. The Hall–Kier alpha value is 0.550. The summed E-state index contributed by atoms with van der Waals surface area (Å²) in [7, 11) is -2.64. The minimum Gasteiger partial charge on any atom is -0.324 e. The summed E-state index contributed by atoms with van der Waals surface area (Å²) in [5, 5.41) is 0. The van der Waals surface area contributed by atoms with Crippen molar-refractivity contribution in [2.45, 2.75) is 40.2 Å². The van der Waals surface area contributed by atoms with Crippen molar-refractivity contribution in [3.05, 3.63) is 0 Å². The molecule has 0 saturated heterocycles. The van der Waals surface area contributed by atoms with Gasteiger partial charge < -0.3 is 13.9 Å². The van der Waals surface area contributed by atoms with Crippen LogP contribution in [0.15, 0.2) is 0 Å². The van der Waals surface area contributed by atoms with Crippen molar-refractivity contribution >= 4 is 26.8 Å². The molecule has 0 aromatic rings. The molecule has 0 aromatic heterocycles. The molecule has 0 fully saturated rings. The van der Waals surface area contributed by atoms with E-state index in [1.165, 1.54) is 0 Å². The normalized spacial score (nSPS) is 17.4. The van der Waals surface area contributed by atoms with E-state index in [2.05, 4.69) is 4.52 Å². The van der Waals surface area contributed by atoms with E-state index in [9.17, 15) is 9.46 Å². The second-order valence-electron chi connectivity index (χ2n) is 5.62. The van der Waals surface area contributed by atoms with Crippen molar-refractivity contribution in [3.8, 4) is 0 Å². The maximum absolute atomic E-state index is 10.4. The van der Waals surface area contributed by atoms with Crippen molar-refractivity contribution in [3.63, 3.8) is 0 Å². The van der Waals surface area contributed by atoms with Gasteiger partial charge in [-0.1, -0.05) is 13.8 Å². The van der Waals surface area contributed by atoms with Crippen LogP contribution < -0.4 is 0 Å². The quantitative estimate of drug-likeness (QED) is 0.698. The summed E-state index contributed by atoms with van der Waals surface area (Å²) in [6, 6.07) is 0. The molecule has 6 nitrogen and oxygen atoms in total. The van der Waals surface area contributed by atoms with Gasteiger partial charge in [-0.2, -0.15) is 0 Å². The number of rotatable bonds is 7. The minimum absolute atomic E-state index is 0.0174. The van der Waals surface area contributed by atoms with Crippen LogP contribution in [0.3, 0.4) is 0 Å². The highest BCUT2D eigenvalue weighted by Crippen LogP contribution is 2.48. The zero-order valence-electron chi connectivity index (χ0n) is 11.2. The first-order valence-corrected chi connectivity index (χ1v) is 9.02. The van der Waals surface area contributed by atoms with E-state index in [0.717, 1.165) is 0 Å². The molecule has 0 rings (SSSR count). The fourth-order valence-corrected chi connectivity index (χ4v) is 3.45. The van der Waals surface area contributed by atoms with E-state index in [4.69, 9.17) is 25.7 Å². The molecular formula is C9H21O6P2S+. The third-order valence-electron chi connectivity index (χ3n) is 1.57. The predicted molar refractivity (Wildman–Crippen MR) is 72.9 cm³/mol. The Bertz CT molecular complexity index is 338. The number of hydrogen-bond acceptors (Lipinski definition) is 5. The van der Waals surface area contributed by atoms with Crippen LogP contribution in [0.4, 0.5) is 0 Å². The SMILES string of the molecule is CC(C)(CO[P+](=O)O)COP(O)(=S)OC(C)(C)C. The van der Waals surface area contributed by atoms with Crippen LogP contribution >= 0.6 is 15.0 Å². The average molecular weight is 319 g/mol. The van der Waals surface area contributed by atoms with E-state index in [-0.39, 0.29) is 13.2 Å². The molecule has 0 spiro atoms. The van der Waals surface area contributed by atoms with Crippen molar-refractivity contribution in [2.75, 3.05) is 13.2 Å². The highest BCUT2D eigenvalue weighted by atomic mass is 32.5. The smallest absolute Gasteiger partial charge is 0.324 e. The Kier molecular flexibility index (Phi) is 7.03. The Morgan fingerprint density at radius 1 is 1.22 bits per heavy atom. The van der Waals surface area contributed by atoms with Gasteiger partial charge in [0.2, 0.25) is 0 Å². The zero-order chi connectivity index (χ0) is 14.6. The second-order valence-corrected chi connectivity index (χ2v) is 9.12. The maximum Gasteiger partial charge on any atom is 0.694 e. The van der Waals surface area contributed by atoms with Gasteiger partial charge in [-0.25, -0.2) is 0 Å². The van der Waals surface area contributed by atoms with Gasteiger partial charge in [0.05, 0.1) is 12.2 Å². The lowest BCUT2D eigenvalue weighted by Gasteiger charge is -2.28. The van der Waals surface area contributed by atoms with Crippen LogP contribution in [0, 0.1) is 5.41 Å². The third kappa shape index (κ3) is 10.5. The second kappa shape index (κ2) is 6.82. The molecule has 2 N–H and O–H groups in total. The fraction of sp³-hybridized carbons (Fsp3) is 1.00. The maximum atomic E-state index is 10.4. The topological polar surface area (TPSA) is 85.2 Å². The first-order valence-electron chi connectivity index (χ1n) is 5.30. The molecule has 2 atom stereocenters. The Morgan fingerprint density at radius 2 is 1.72 bits per heavy atom. The molecule has 0 bridgehead atoms. The molecule has 0 amide bonds. The molecule has 0 heterocycles. The summed E-state index contributed by atoms with van der Waals surface area (Å²) in [6.07, 6.45) is 0. The summed E-state index contributed by atoms with van der Waals surface area (Å²) in [4.78, 5) is 18.4. The molecule has 2 unspecified atom stereocenters. The van der Waals surface area contributed by atoms with E-state index in [1.54, 1.807) is 34.6 Å². The summed E-state index contributed by atoms with van der Waals surface area (Å²) < 4.78 is 25.5. The molecule has 108 valence electrons. The molecule has 9 heteroatoms. The van der Waals surface area contributed by atoms with Gasteiger partial charge in [0, 0.05) is 9.98 Å². The lowest BCUT2D eigenvalue weighted by atomic mass is 9.97. The van der Waals surface area contributed by atoms with Crippen molar-refractivity contribution in [1.29, 1.82) is 0 Å². The number of hydrogen-bond donors (Lipinski definition) is 2. The molecule has 0 aliphatic heterocycles. The predicted octanol–water partition coefficient (Wildman–Crippen LogP) is 2.73. The van der Waals surface area contributed by atoms with Gasteiger partial charge in [-0.05, 0) is 32.6 Å². The van der Waals surface area contributed by atoms with E-state index < -0.39 is 26.0 Å². The minimum atomic E-state index is -3.32. The van der Waals surface area contributed by atoms with Crippen LogP contribution in [0.5, 0.6) is 0 Å². The van der Waals surface area contributed by atoms with Crippen LogP contribution in [-0.2, 0) is 29.9 Å². The molecule has 0 saturated carbocycles. The largest absolute Gasteiger partial charge is 0.694 e.